The highest BCUT2D eigenvalue weighted by atomic mass is 19.1. The van der Waals surface area contributed by atoms with Crippen molar-refractivity contribution in [3.63, 3.8) is 0 Å². The first kappa shape index (κ1) is 26.7. The predicted octanol–water partition coefficient (Wildman–Crippen LogP) is 4.97. The lowest BCUT2D eigenvalue weighted by molar-refractivity contribution is -0.142. The van der Waals surface area contributed by atoms with E-state index in [1.807, 2.05) is 4.90 Å². The average molecular weight is 528 g/mol. The lowest BCUT2D eigenvalue weighted by atomic mass is 9.76. The van der Waals surface area contributed by atoms with Gasteiger partial charge in [0.2, 0.25) is 17.6 Å². The van der Waals surface area contributed by atoms with Gasteiger partial charge in [-0.1, -0.05) is 32.1 Å². The second-order valence-electron chi connectivity index (χ2n) is 11.4. The highest BCUT2D eigenvalue weighted by molar-refractivity contribution is 6.00. The number of hydrogen-bond donors (Lipinski definition) is 3. The lowest BCUT2D eigenvalue weighted by Crippen LogP contribution is -2.50. The number of aromatic carboxylic acids is 1. The van der Waals surface area contributed by atoms with Crippen LogP contribution in [0.25, 0.3) is 11.0 Å². The summed E-state index contributed by atoms with van der Waals surface area (Å²) in [6.45, 7) is 0.0354. The van der Waals surface area contributed by atoms with Crippen molar-refractivity contribution in [2.75, 3.05) is 18.5 Å². The van der Waals surface area contributed by atoms with Gasteiger partial charge in [-0.15, -0.1) is 0 Å². The fourth-order valence-corrected chi connectivity index (χ4v) is 7.05. The summed E-state index contributed by atoms with van der Waals surface area (Å²) in [5.74, 6) is -0.977. The molecule has 5 rings (SSSR count). The minimum absolute atomic E-state index is 0.0344. The second kappa shape index (κ2) is 11.4. The summed E-state index contributed by atoms with van der Waals surface area (Å²) in [5, 5.41) is 12.8. The Bertz CT molecular complexity index is 1170. The van der Waals surface area contributed by atoms with E-state index in [4.69, 9.17) is 10.2 Å². The molecule has 2 saturated carbocycles. The fraction of sp³-hybridized carbons (Fsp3) is 0.621. The molecule has 2 amide bonds. The number of carbonyl (C=O) groups excluding carboxylic acids is 2. The molecule has 206 valence electrons. The number of nitrogens with one attached hydrogen (secondary N) is 1. The number of benzene rings is 1. The Kier molecular flexibility index (Phi) is 8.02. The number of alkyl halides is 1. The van der Waals surface area contributed by atoms with Crippen LogP contribution in [0.2, 0.25) is 0 Å². The lowest BCUT2D eigenvalue weighted by Gasteiger charge is -2.36. The molecular weight excluding hydrogens is 489 g/mol. The van der Waals surface area contributed by atoms with Crippen LogP contribution in [0.4, 0.5) is 10.1 Å². The number of amides is 2. The van der Waals surface area contributed by atoms with Crippen LogP contribution in [0.5, 0.6) is 0 Å². The van der Waals surface area contributed by atoms with Crippen molar-refractivity contribution >= 4 is 34.4 Å². The highest BCUT2D eigenvalue weighted by Crippen LogP contribution is 2.41. The van der Waals surface area contributed by atoms with E-state index < -0.39 is 24.7 Å². The first-order chi connectivity index (χ1) is 18.4. The topological polar surface area (TPSA) is 126 Å². The van der Waals surface area contributed by atoms with Crippen molar-refractivity contribution in [2.45, 2.75) is 76.3 Å². The molecule has 8 nitrogen and oxygen atoms in total. The van der Waals surface area contributed by atoms with Crippen LogP contribution in [0.15, 0.2) is 28.7 Å². The Balaban J connectivity index is 1.34. The van der Waals surface area contributed by atoms with Crippen LogP contribution in [0.1, 0.15) is 74.8 Å². The molecule has 3 aliphatic rings. The van der Waals surface area contributed by atoms with E-state index in [-0.39, 0.29) is 35.3 Å². The Morgan fingerprint density at radius 1 is 1.05 bits per heavy atom. The minimum Gasteiger partial charge on any atom is -0.475 e. The van der Waals surface area contributed by atoms with Gasteiger partial charge >= 0.3 is 5.97 Å². The van der Waals surface area contributed by atoms with Crippen LogP contribution in [0, 0.1) is 23.7 Å². The van der Waals surface area contributed by atoms with Gasteiger partial charge in [0.1, 0.15) is 18.3 Å². The summed E-state index contributed by atoms with van der Waals surface area (Å²) >= 11 is 0. The first-order valence-corrected chi connectivity index (χ1v) is 14.1. The summed E-state index contributed by atoms with van der Waals surface area (Å²) in [5.41, 5.74) is 6.90. The number of carboxylic acids is 1. The predicted molar refractivity (Wildman–Crippen MR) is 141 cm³/mol. The molecule has 1 aromatic heterocycles. The largest absolute Gasteiger partial charge is 0.475 e. The summed E-state index contributed by atoms with van der Waals surface area (Å²) in [4.78, 5) is 40.7. The normalized spacial score (nSPS) is 27.4. The second-order valence-corrected chi connectivity index (χ2v) is 11.4. The maximum Gasteiger partial charge on any atom is 0.371 e. The zero-order valence-corrected chi connectivity index (χ0v) is 21.7. The summed E-state index contributed by atoms with van der Waals surface area (Å²) < 4.78 is 18.4. The van der Waals surface area contributed by atoms with Crippen LogP contribution in [-0.2, 0) is 9.59 Å². The summed E-state index contributed by atoms with van der Waals surface area (Å²) in [6.07, 6.45) is 9.36. The molecule has 0 radical (unpaired) electrons. The maximum atomic E-state index is 13.8. The fourth-order valence-electron chi connectivity index (χ4n) is 7.05. The zero-order valence-electron chi connectivity index (χ0n) is 21.7. The molecule has 2 aromatic rings. The quantitative estimate of drug-likeness (QED) is 0.467. The van der Waals surface area contributed by atoms with Gasteiger partial charge in [-0.05, 0) is 74.1 Å². The number of rotatable bonds is 7. The van der Waals surface area contributed by atoms with E-state index in [1.54, 1.807) is 18.2 Å². The van der Waals surface area contributed by atoms with E-state index >= 15 is 0 Å². The number of halogens is 1. The van der Waals surface area contributed by atoms with Gasteiger partial charge in [-0.3, -0.25) is 9.59 Å². The summed E-state index contributed by atoms with van der Waals surface area (Å²) in [6, 6.07) is 5.48. The molecule has 0 spiro atoms. The molecule has 4 N–H and O–H groups in total. The maximum absolute atomic E-state index is 13.8. The molecule has 1 aliphatic heterocycles. The monoisotopic (exact) mass is 527 g/mol. The van der Waals surface area contributed by atoms with Crippen molar-refractivity contribution in [3.05, 3.63) is 30.0 Å². The Morgan fingerprint density at radius 2 is 1.79 bits per heavy atom. The molecule has 0 bridgehead atoms. The van der Waals surface area contributed by atoms with E-state index in [1.165, 1.54) is 12.5 Å². The van der Waals surface area contributed by atoms with Crippen LogP contribution >= 0.6 is 0 Å². The van der Waals surface area contributed by atoms with Crippen LogP contribution < -0.4 is 11.1 Å². The average Bonchev–Trinajstić information content (AvgIpc) is 3.58. The Morgan fingerprint density at radius 3 is 2.47 bits per heavy atom. The smallest absolute Gasteiger partial charge is 0.371 e. The van der Waals surface area contributed by atoms with Crippen molar-refractivity contribution in [1.29, 1.82) is 0 Å². The number of likely N-dealkylation sites (tertiary alicyclic amines) is 1. The Labute approximate surface area is 222 Å². The number of hydrogen-bond acceptors (Lipinski definition) is 5. The van der Waals surface area contributed by atoms with Gasteiger partial charge in [-0.25, -0.2) is 9.18 Å². The molecule has 3 fully saturated rings. The first-order valence-electron chi connectivity index (χ1n) is 14.1. The molecule has 2 aliphatic carbocycles. The number of fused-ring (bicyclic) bond motifs is 1. The molecule has 9 heteroatoms. The SMILES string of the molecule is N[C@H](CF)C1CCC(C(=O)N2CC[C@H](C3CCCCC3)[C@H]2C(=O)Nc2ccc3oc(C(=O)O)cc3c2)CC1. The number of nitrogens with zero attached hydrogens (tertiary/aromatic N) is 1. The molecule has 0 unspecified atom stereocenters. The van der Waals surface area contributed by atoms with Gasteiger partial charge in [-0.2, -0.15) is 0 Å². The van der Waals surface area contributed by atoms with Crippen LogP contribution in [0.3, 0.4) is 0 Å². The Hall–Kier alpha value is -2.94. The standard InChI is InChI=1S/C29H38FN3O5/c30-16-23(31)18-6-8-19(9-7-18)28(35)33-13-12-22(17-4-2-1-3-5-17)26(33)27(34)32-21-10-11-24-20(14-21)15-25(38-24)29(36)37/h10-11,14-15,17-19,22-23,26H,1-9,12-13,16,31H2,(H,32,34)(H,36,37)/t18?,19?,22-,23-,26+/m1/s1. The molecular formula is C29H38FN3O5. The highest BCUT2D eigenvalue weighted by Gasteiger charge is 2.47. The number of anilines is 1. The molecule has 1 saturated heterocycles. The third-order valence-electron chi connectivity index (χ3n) is 9.15. The van der Waals surface area contributed by atoms with Gasteiger partial charge in [0.25, 0.3) is 0 Å². The van der Waals surface area contributed by atoms with Crippen molar-refractivity contribution in [2.24, 2.45) is 29.4 Å². The minimum atomic E-state index is -1.15. The molecule has 1 aromatic carbocycles. The third kappa shape index (κ3) is 5.44. The molecule has 38 heavy (non-hydrogen) atoms. The number of carbonyl (C=O) groups is 3. The molecule has 2 heterocycles. The van der Waals surface area contributed by atoms with Crippen molar-refractivity contribution in [3.8, 4) is 0 Å². The van der Waals surface area contributed by atoms with Gasteiger partial charge in [0.05, 0.1) is 0 Å². The van der Waals surface area contributed by atoms with E-state index in [0.717, 1.165) is 44.9 Å². The number of nitrogens with two attached hydrogens (primary N) is 1. The summed E-state index contributed by atoms with van der Waals surface area (Å²) in [7, 11) is 0. The van der Waals surface area contributed by atoms with Gasteiger partial charge in [0, 0.05) is 29.6 Å². The number of carboxylic acid groups (broad SMARTS) is 1. The van der Waals surface area contributed by atoms with Crippen molar-refractivity contribution < 1.29 is 28.3 Å². The van der Waals surface area contributed by atoms with Gasteiger partial charge in [0.15, 0.2) is 0 Å². The molecule has 3 atom stereocenters. The van der Waals surface area contributed by atoms with E-state index in [9.17, 15) is 23.9 Å². The van der Waals surface area contributed by atoms with Gasteiger partial charge < -0.3 is 25.5 Å². The zero-order chi connectivity index (χ0) is 26.8. The van der Waals surface area contributed by atoms with E-state index in [2.05, 4.69) is 5.32 Å². The van der Waals surface area contributed by atoms with Crippen molar-refractivity contribution in [1.82, 2.24) is 4.90 Å². The third-order valence-corrected chi connectivity index (χ3v) is 9.15. The van der Waals surface area contributed by atoms with Crippen LogP contribution in [-0.4, -0.2) is 53.1 Å². The van der Waals surface area contributed by atoms with E-state index in [0.29, 0.717) is 42.0 Å². The number of furan rings is 1.